The molecular formula is C14H22N2O3S. The number of hydrogen-bond acceptors (Lipinski definition) is 4. The van der Waals surface area contributed by atoms with Crippen molar-refractivity contribution in [1.82, 2.24) is 9.29 Å². The molecule has 5 nitrogen and oxygen atoms in total. The van der Waals surface area contributed by atoms with E-state index in [2.05, 4.69) is 18.8 Å². The molecule has 0 bridgehead atoms. The molecule has 6 heteroatoms. The predicted octanol–water partition coefficient (Wildman–Crippen LogP) is 1.77. The van der Waals surface area contributed by atoms with Crippen LogP contribution in [-0.4, -0.2) is 35.9 Å². The Kier molecular flexibility index (Phi) is 4.46. The molecule has 0 aliphatic carbocycles. The van der Waals surface area contributed by atoms with Crippen LogP contribution in [0.2, 0.25) is 0 Å². The number of aliphatic hydroxyl groups excluding tert-OH is 1. The first-order valence-corrected chi connectivity index (χ1v) is 8.35. The summed E-state index contributed by atoms with van der Waals surface area (Å²) in [4.78, 5) is 3.97. The minimum Gasteiger partial charge on any atom is -0.392 e. The molecule has 0 saturated carbocycles. The number of sulfonamides is 1. The molecule has 1 aliphatic rings. The van der Waals surface area contributed by atoms with Crippen molar-refractivity contribution < 1.29 is 13.5 Å². The van der Waals surface area contributed by atoms with Gasteiger partial charge in [-0.05, 0) is 36.3 Å². The highest BCUT2D eigenvalue weighted by Crippen LogP contribution is 2.31. The molecule has 1 fully saturated rings. The lowest BCUT2D eigenvalue weighted by Gasteiger charge is -2.22. The molecule has 20 heavy (non-hydrogen) atoms. The largest absolute Gasteiger partial charge is 0.392 e. The second-order valence-corrected chi connectivity index (χ2v) is 7.97. The van der Waals surface area contributed by atoms with Crippen molar-refractivity contribution in [3.63, 3.8) is 0 Å². The Balaban J connectivity index is 2.20. The first-order chi connectivity index (χ1) is 9.35. The van der Waals surface area contributed by atoms with Crippen LogP contribution < -0.4 is 0 Å². The van der Waals surface area contributed by atoms with E-state index in [9.17, 15) is 8.42 Å². The minimum atomic E-state index is -3.52. The van der Waals surface area contributed by atoms with Gasteiger partial charge in [-0.15, -0.1) is 0 Å². The highest BCUT2D eigenvalue weighted by Gasteiger charge is 2.31. The third-order valence-corrected chi connectivity index (χ3v) is 5.70. The topological polar surface area (TPSA) is 70.5 Å². The maximum atomic E-state index is 12.6. The Labute approximate surface area is 120 Å². The van der Waals surface area contributed by atoms with E-state index in [0.717, 1.165) is 19.3 Å². The van der Waals surface area contributed by atoms with Gasteiger partial charge in [-0.2, -0.15) is 4.31 Å². The van der Waals surface area contributed by atoms with E-state index in [1.165, 1.54) is 16.6 Å². The van der Waals surface area contributed by atoms with Crippen LogP contribution in [0.15, 0.2) is 23.4 Å². The lowest BCUT2D eigenvalue weighted by molar-refractivity contribution is 0.281. The van der Waals surface area contributed by atoms with Crippen LogP contribution in [0.5, 0.6) is 0 Å². The summed E-state index contributed by atoms with van der Waals surface area (Å²) < 4.78 is 26.6. The van der Waals surface area contributed by atoms with E-state index in [0.29, 0.717) is 18.7 Å². The molecule has 0 atom stereocenters. The summed E-state index contributed by atoms with van der Waals surface area (Å²) >= 11 is 0. The quantitative estimate of drug-likeness (QED) is 0.923. The Morgan fingerprint density at radius 1 is 1.30 bits per heavy atom. The Morgan fingerprint density at radius 3 is 2.65 bits per heavy atom. The van der Waals surface area contributed by atoms with E-state index in [1.54, 1.807) is 6.07 Å². The smallest absolute Gasteiger partial charge is 0.260 e. The van der Waals surface area contributed by atoms with Crippen LogP contribution in [0.3, 0.4) is 0 Å². The van der Waals surface area contributed by atoms with Gasteiger partial charge in [-0.1, -0.05) is 19.9 Å². The number of rotatable bonds is 3. The number of hydrogen-bond donors (Lipinski definition) is 1. The van der Waals surface area contributed by atoms with Gasteiger partial charge in [0.05, 0.1) is 6.61 Å². The summed E-state index contributed by atoms with van der Waals surface area (Å²) in [5.41, 5.74) is 0.805. The minimum absolute atomic E-state index is 0.0643. The number of aromatic nitrogens is 1. The molecule has 1 aliphatic heterocycles. The number of nitrogens with zero attached hydrogens (tertiary/aromatic N) is 2. The van der Waals surface area contributed by atoms with Crippen LogP contribution in [0.25, 0.3) is 0 Å². The monoisotopic (exact) mass is 298 g/mol. The number of pyridine rings is 1. The molecule has 0 aromatic carbocycles. The van der Waals surface area contributed by atoms with E-state index < -0.39 is 10.0 Å². The summed E-state index contributed by atoms with van der Waals surface area (Å²) in [5, 5.41) is 9.04. The highest BCUT2D eigenvalue weighted by atomic mass is 32.2. The molecule has 0 unspecified atom stereocenters. The van der Waals surface area contributed by atoms with Crippen LogP contribution >= 0.6 is 0 Å². The molecule has 1 aromatic rings. The highest BCUT2D eigenvalue weighted by molar-refractivity contribution is 7.89. The zero-order valence-electron chi connectivity index (χ0n) is 12.0. The van der Waals surface area contributed by atoms with E-state index in [1.807, 2.05) is 0 Å². The maximum absolute atomic E-state index is 12.6. The lowest BCUT2D eigenvalue weighted by Crippen LogP contribution is -2.33. The molecular weight excluding hydrogens is 276 g/mol. The van der Waals surface area contributed by atoms with Gasteiger partial charge in [-0.3, -0.25) is 0 Å². The molecule has 0 spiro atoms. The fourth-order valence-electron chi connectivity index (χ4n) is 2.43. The first-order valence-electron chi connectivity index (χ1n) is 6.91. The maximum Gasteiger partial charge on any atom is 0.260 e. The third-order valence-electron chi connectivity index (χ3n) is 3.88. The van der Waals surface area contributed by atoms with E-state index in [-0.39, 0.29) is 17.0 Å². The second kappa shape index (κ2) is 5.79. The van der Waals surface area contributed by atoms with Gasteiger partial charge in [0.25, 0.3) is 10.0 Å². The van der Waals surface area contributed by atoms with Gasteiger partial charge in [0.2, 0.25) is 0 Å². The van der Waals surface area contributed by atoms with Gasteiger partial charge in [-0.25, -0.2) is 13.4 Å². The van der Waals surface area contributed by atoms with Crippen molar-refractivity contribution in [2.75, 3.05) is 13.1 Å². The summed E-state index contributed by atoms with van der Waals surface area (Å²) in [6.45, 7) is 5.31. The van der Waals surface area contributed by atoms with Crippen molar-refractivity contribution in [2.24, 2.45) is 5.41 Å². The van der Waals surface area contributed by atoms with Gasteiger partial charge < -0.3 is 5.11 Å². The molecule has 112 valence electrons. The molecule has 2 heterocycles. The van der Waals surface area contributed by atoms with Gasteiger partial charge in [0.1, 0.15) is 0 Å². The first kappa shape index (κ1) is 15.4. The predicted molar refractivity (Wildman–Crippen MR) is 76.6 cm³/mol. The van der Waals surface area contributed by atoms with Crippen LogP contribution in [-0.2, 0) is 16.6 Å². The second-order valence-electron chi connectivity index (χ2n) is 6.08. The SMILES string of the molecule is CC1(C)CCCN(S(=O)(=O)c2ccc(CO)cn2)CC1. The normalized spacial score (nSPS) is 20.6. The van der Waals surface area contributed by atoms with Gasteiger partial charge >= 0.3 is 0 Å². The molecule has 0 amide bonds. The third kappa shape index (κ3) is 3.37. The van der Waals surface area contributed by atoms with Gasteiger partial charge in [0.15, 0.2) is 5.03 Å². The summed E-state index contributed by atoms with van der Waals surface area (Å²) in [5.74, 6) is 0. The van der Waals surface area contributed by atoms with Crippen molar-refractivity contribution in [3.05, 3.63) is 23.9 Å². The molecule has 2 rings (SSSR count). The molecule has 1 aromatic heterocycles. The van der Waals surface area contributed by atoms with Crippen LogP contribution in [0, 0.1) is 5.41 Å². The van der Waals surface area contributed by atoms with E-state index >= 15 is 0 Å². The van der Waals surface area contributed by atoms with Crippen LogP contribution in [0.4, 0.5) is 0 Å². The Hall–Kier alpha value is -0.980. The summed E-state index contributed by atoms with van der Waals surface area (Å²) in [6, 6.07) is 3.07. The standard InChI is InChI=1S/C14H22N2O3S/c1-14(2)6-3-8-16(9-7-14)20(18,19)13-5-4-12(11-17)10-15-13/h4-5,10,17H,3,6-9,11H2,1-2H3. The number of aliphatic hydroxyl groups is 1. The van der Waals surface area contributed by atoms with Crippen molar-refractivity contribution in [1.29, 1.82) is 0 Å². The van der Waals surface area contributed by atoms with Crippen molar-refractivity contribution in [2.45, 2.75) is 44.7 Å². The van der Waals surface area contributed by atoms with Crippen molar-refractivity contribution in [3.8, 4) is 0 Å². The van der Waals surface area contributed by atoms with E-state index in [4.69, 9.17) is 5.11 Å². The fraction of sp³-hybridized carbons (Fsp3) is 0.643. The Morgan fingerprint density at radius 2 is 2.05 bits per heavy atom. The van der Waals surface area contributed by atoms with Gasteiger partial charge in [0, 0.05) is 19.3 Å². The van der Waals surface area contributed by atoms with Crippen molar-refractivity contribution >= 4 is 10.0 Å². The molecule has 1 saturated heterocycles. The summed E-state index contributed by atoms with van der Waals surface area (Å²) in [7, 11) is -3.52. The Bertz CT molecular complexity index is 552. The fourth-order valence-corrected chi connectivity index (χ4v) is 3.82. The average Bonchev–Trinajstić information content (AvgIpc) is 2.60. The lowest BCUT2D eigenvalue weighted by atomic mass is 9.85. The summed E-state index contributed by atoms with van der Waals surface area (Å²) in [6.07, 6.45) is 4.19. The molecule has 0 radical (unpaired) electrons. The van der Waals surface area contributed by atoms with Crippen LogP contribution in [0.1, 0.15) is 38.7 Å². The average molecular weight is 298 g/mol. The zero-order chi connectivity index (χ0) is 14.8. The molecule has 1 N–H and O–H groups in total. The zero-order valence-corrected chi connectivity index (χ0v) is 12.9.